The minimum atomic E-state index is -3.49. The van der Waals surface area contributed by atoms with E-state index in [0.29, 0.717) is 24.6 Å². The van der Waals surface area contributed by atoms with Crippen molar-refractivity contribution in [1.29, 1.82) is 0 Å². The van der Waals surface area contributed by atoms with Gasteiger partial charge in [0.2, 0.25) is 10.0 Å². The van der Waals surface area contributed by atoms with Crippen LogP contribution in [-0.4, -0.2) is 37.8 Å². The average molecular weight is 377 g/mol. The van der Waals surface area contributed by atoms with Gasteiger partial charge in [-0.3, -0.25) is 4.79 Å². The van der Waals surface area contributed by atoms with Gasteiger partial charge in [-0.05, 0) is 75.0 Å². The van der Waals surface area contributed by atoms with E-state index in [1.165, 1.54) is 36.1 Å². The molecule has 3 aliphatic rings. The fourth-order valence-corrected chi connectivity index (χ4v) is 6.74. The minimum Gasteiger partial charge on any atom is -0.349 e. The first kappa shape index (κ1) is 18.0. The molecule has 6 heteroatoms. The van der Waals surface area contributed by atoms with Gasteiger partial charge in [0.25, 0.3) is 5.91 Å². The fraction of sp³-hybridized carbons (Fsp3) is 0.650. The van der Waals surface area contributed by atoms with Crippen LogP contribution >= 0.6 is 0 Å². The maximum absolute atomic E-state index is 12.7. The van der Waals surface area contributed by atoms with Crippen molar-refractivity contribution in [2.75, 3.05) is 13.1 Å². The van der Waals surface area contributed by atoms with Gasteiger partial charge in [-0.2, -0.15) is 4.31 Å². The molecule has 0 radical (unpaired) electrons. The van der Waals surface area contributed by atoms with Crippen molar-refractivity contribution in [1.82, 2.24) is 9.62 Å². The summed E-state index contributed by atoms with van der Waals surface area (Å²) in [5, 5.41) is 3.12. The Balaban J connectivity index is 1.46. The number of carbonyl (C=O) groups is 1. The molecule has 1 N–H and O–H groups in total. The second kappa shape index (κ2) is 6.97. The SMILES string of the molecule is CC(NC(=O)c1cccc(S(=O)(=O)N2CCCC2)c1)C1CC2CCC1C2. The predicted molar refractivity (Wildman–Crippen MR) is 100 cm³/mol. The summed E-state index contributed by atoms with van der Waals surface area (Å²) in [7, 11) is -3.49. The summed E-state index contributed by atoms with van der Waals surface area (Å²) in [5.41, 5.74) is 0.431. The smallest absolute Gasteiger partial charge is 0.251 e. The van der Waals surface area contributed by atoms with E-state index in [4.69, 9.17) is 0 Å². The maximum Gasteiger partial charge on any atom is 0.251 e. The second-order valence-electron chi connectivity index (χ2n) is 8.24. The van der Waals surface area contributed by atoms with Gasteiger partial charge in [-0.25, -0.2) is 8.42 Å². The molecule has 1 saturated heterocycles. The van der Waals surface area contributed by atoms with Crippen molar-refractivity contribution < 1.29 is 13.2 Å². The molecular formula is C20H28N2O3S. The Labute approximate surface area is 156 Å². The van der Waals surface area contributed by atoms with Crippen LogP contribution in [0.5, 0.6) is 0 Å². The number of carbonyl (C=O) groups excluding carboxylic acids is 1. The van der Waals surface area contributed by atoms with Gasteiger partial charge in [0.15, 0.2) is 0 Å². The molecule has 3 fully saturated rings. The molecule has 1 aliphatic heterocycles. The van der Waals surface area contributed by atoms with Crippen molar-refractivity contribution in [2.24, 2.45) is 17.8 Å². The molecule has 2 bridgehead atoms. The predicted octanol–water partition coefficient (Wildman–Crippen LogP) is 3.03. The first-order chi connectivity index (χ1) is 12.4. The van der Waals surface area contributed by atoms with E-state index in [1.807, 2.05) is 0 Å². The van der Waals surface area contributed by atoms with Gasteiger partial charge in [-0.1, -0.05) is 12.5 Å². The standard InChI is InChI=1S/C20H28N2O3S/c1-14(19-12-15-7-8-16(19)11-15)21-20(23)17-5-4-6-18(13-17)26(24,25)22-9-2-3-10-22/h4-6,13-16,19H,2-3,7-12H2,1H3,(H,21,23). The van der Waals surface area contributed by atoms with Crippen LogP contribution < -0.4 is 5.32 Å². The van der Waals surface area contributed by atoms with Crippen LogP contribution in [0.4, 0.5) is 0 Å². The zero-order valence-corrected chi connectivity index (χ0v) is 16.2. The summed E-state index contributed by atoms with van der Waals surface area (Å²) in [5.74, 6) is 1.99. The molecule has 4 unspecified atom stereocenters. The van der Waals surface area contributed by atoms with Gasteiger partial charge < -0.3 is 5.32 Å². The number of hydrogen-bond donors (Lipinski definition) is 1. The summed E-state index contributed by atoms with van der Waals surface area (Å²) in [6.45, 7) is 3.23. The molecular weight excluding hydrogens is 348 g/mol. The number of nitrogens with one attached hydrogen (secondary N) is 1. The number of fused-ring (bicyclic) bond motifs is 2. The van der Waals surface area contributed by atoms with Crippen LogP contribution in [0.3, 0.4) is 0 Å². The number of hydrogen-bond acceptors (Lipinski definition) is 3. The fourth-order valence-electron chi connectivity index (χ4n) is 5.18. The lowest BCUT2D eigenvalue weighted by atomic mass is 9.84. The largest absolute Gasteiger partial charge is 0.349 e. The Kier molecular flexibility index (Phi) is 4.82. The maximum atomic E-state index is 12.7. The van der Waals surface area contributed by atoms with E-state index in [-0.39, 0.29) is 16.8 Å². The normalized spacial score (nSPS) is 29.8. The molecule has 1 aromatic rings. The summed E-state index contributed by atoms with van der Waals surface area (Å²) in [4.78, 5) is 12.9. The minimum absolute atomic E-state index is 0.136. The molecule has 4 rings (SSSR count). The van der Waals surface area contributed by atoms with Gasteiger partial charge in [0.1, 0.15) is 0 Å². The average Bonchev–Trinajstić information content (AvgIpc) is 3.39. The van der Waals surface area contributed by atoms with Crippen molar-refractivity contribution in [3.8, 4) is 0 Å². The monoisotopic (exact) mass is 376 g/mol. The van der Waals surface area contributed by atoms with E-state index in [1.54, 1.807) is 18.2 Å². The Bertz CT molecular complexity index is 786. The molecule has 1 aromatic carbocycles. The van der Waals surface area contributed by atoms with E-state index < -0.39 is 10.0 Å². The Morgan fingerprint density at radius 3 is 2.62 bits per heavy atom. The second-order valence-corrected chi connectivity index (χ2v) is 10.2. The molecule has 4 atom stereocenters. The molecule has 26 heavy (non-hydrogen) atoms. The third-order valence-electron chi connectivity index (χ3n) is 6.59. The van der Waals surface area contributed by atoms with Crippen LogP contribution in [0, 0.1) is 17.8 Å². The van der Waals surface area contributed by atoms with Crippen LogP contribution in [-0.2, 0) is 10.0 Å². The molecule has 0 aromatic heterocycles. The first-order valence-corrected chi connectivity index (χ1v) is 11.3. The molecule has 2 aliphatic carbocycles. The lowest BCUT2D eigenvalue weighted by Crippen LogP contribution is -2.40. The summed E-state index contributed by atoms with van der Waals surface area (Å²) < 4.78 is 27.0. The van der Waals surface area contributed by atoms with Gasteiger partial charge in [0.05, 0.1) is 4.90 Å². The lowest BCUT2D eigenvalue weighted by Gasteiger charge is -2.28. The topological polar surface area (TPSA) is 66.5 Å². The molecule has 1 heterocycles. The van der Waals surface area contributed by atoms with Crippen molar-refractivity contribution in [2.45, 2.75) is 56.4 Å². The summed E-state index contributed by atoms with van der Waals surface area (Å²) in [6, 6.07) is 6.61. The number of benzene rings is 1. The zero-order chi connectivity index (χ0) is 18.3. The highest BCUT2D eigenvalue weighted by Gasteiger charge is 2.42. The third kappa shape index (κ3) is 3.29. The van der Waals surface area contributed by atoms with Crippen molar-refractivity contribution in [3.05, 3.63) is 29.8 Å². The number of sulfonamides is 1. The molecule has 142 valence electrons. The first-order valence-electron chi connectivity index (χ1n) is 9.86. The highest BCUT2D eigenvalue weighted by molar-refractivity contribution is 7.89. The van der Waals surface area contributed by atoms with Gasteiger partial charge >= 0.3 is 0 Å². The Hall–Kier alpha value is -1.40. The molecule has 5 nitrogen and oxygen atoms in total. The highest BCUT2D eigenvalue weighted by Crippen LogP contribution is 2.49. The van der Waals surface area contributed by atoms with Crippen molar-refractivity contribution >= 4 is 15.9 Å². The Morgan fingerprint density at radius 1 is 1.19 bits per heavy atom. The highest BCUT2D eigenvalue weighted by atomic mass is 32.2. The van der Waals surface area contributed by atoms with E-state index in [9.17, 15) is 13.2 Å². The number of nitrogens with zero attached hydrogens (tertiary/aromatic N) is 1. The van der Waals surface area contributed by atoms with Crippen LogP contribution in [0.1, 0.15) is 55.8 Å². The quantitative estimate of drug-likeness (QED) is 0.859. The van der Waals surface area contributed by atoms with Crippen LogP contribution in [0.25, 0.3) is 0 Å². The lowest BCUT2D eigenvalue weighted by molar-refractivity contribution is 0.0915. The van der Waals surface area contributed by atoms with Crippen LogP contribution in [0.15, 0.2) is 29.2 Å². The molecule has 2 saturated carbocycles. The molecule has 1 amide bonds. The third-order valence-corrected chi connectivity index (χ3v) is 8.49. The zero-order valence-electron chi connectivity index (χ0n) is 15.4. The van der Waals surface area contributed by atoms with Gasteiger partial charge in [-0.15, -0.1) is 0 Å². The number of amides is 1. The van der Waals surface area contributed by atoms with Crippen LogP contribution in [0.2, 0.25) is 0 Å². The van der Waals surface area contributed by atoms with E-state index >= 15 is 0 Å². The van der Waals surface area contributed by atoms with E-state index in [0.717, 1.165) is 24.7 Å². The summed E-state index contributed by atoms with van der Waals surface area (Å²) >= 11 is 0. The molecule has 0 spiro atoms. The van der Waals surface area contributed by atoms with E-state index in [2.05, 4.69) is 12.2 Å². The van der Waals surface area contributed by atoms with Gasteiger partial charge in [0, 0.05) is 24.7 Å². The Morgan fingerprint density at radius 2 is 1.96 bits per heavy atom. The number of rotatable bonds is 5. The summed E-state index contributed by atoms with van der Waals surface area (Å²) in [6.07, 6.45) is 6.97. The van der Waals surface area contributed by atoms with Crippen molar-refractivity contribution in [3.63, 3.8) is 0 Å².